The van der Waals surface area contributed by atoms with E-state index < -0.39 is 5.41 Å². The van der Waals surface area contributed by atoms with Crippen LogP contribution in [0.1, 0.15) is 17.8 Å². The van der Waals surface area contributed by atoms with Gasteiger partial charge in [-0.3, -0.25) is 0 Å². The number of rotatable bonds is 6. The molecular weight excluding hydrogens is 783 g/mol. The largest absolute Gasteiger partial charge is 0.456 e. The third-order valence-corrected chi connectivity index (χ3v) is 13.6. The Kier molecular flexibility index (Phi) is 7.93. The van der Waals surface area contributed by atoms with Gasteiger partial charge in [-0.15, -0.1) is 0 Å². The van der Waals surface area contributed by atoms with Crippen molar-refractivity contribution in [3.05, 3.63) is 229 Å². The molecule has 0 amide bonds. The fourth-order valence-electron chi connectivity index (χ4n) is 10.5. The van der Waals surface area contributed by atoms with Crippen molar-refractivity contribution in [2.75, 3.05) is 11.9 Å². The van der Waals surface area contributed by atoms with Gasteiger partial charge in [0.2, 0.25) is 0 Å². The second kappa shape index (κ2) is 13.9. The van der Waals surface area contributed by atoms with Gasteiger partial charge in [0.25, 0.3) is 0 Å². The number of aromatic nitrogens is 3. The molecule has 10 aromatic rings. The lowest BCUT2D eigenvalue weighted by Gasteiger charge is -2.34. The van der Waals surface area contributed by atoms with E-state index in [0.29, 0.717) is 22.6 Å². The Morgan fingerprint density at radius 2 is 1.16 bits per heavy atom. The Hall–Kier alpha value is -8.19. The van der Waals surface area contributed by atoms with Gasteiger partial charge in [0.15, 0.2) is 23.0 Å². The van der Waals surface area contributed by atoms with E-state index in [1.807, 2.05) is 42.5 Å². The van der Waals surface area contributed by atoms with E-state index in [-0.39, 0.29) is 0 Å². The summed E-state index contributed by atoms with van der Waals surface area (Å²) in [6.07, 6.45) is 7.37. The van der Waals surface area contributed by atoms with Crippen LogP contribution in [0.4, 0.5) is 28.4 Å². The Bertz CT molecular complexity index is 3490. The minimum atomic E-state index is -0.716. The van der Waals surface area contributed by atoms with Gasteiger partial charge >= 0.3 is 0 Å². The summed E-state index contributed by atoms with van der Waals surface area (Å²) in [6, 6.07) is 68.9. The fourth-order valence-corrected chi connectivity index (χ4v) is 10.5. The topological polar surface area (TPSA) is 55.1 Å². The number of para-hydroxylation sites is 3. The first-order valence-corrected chi connectivity index (χ1v) is 21.9. The van der Waals surface area contributed by atoms with Crippen molar-refractivity contribution in [2.24, 2.45) is 0 Å². The molecule has 6 nitrogen and oxygen atoms in total. The lowest BCUT2D eigenvalue weighted by molar-refractivity contribution is 0.576. The molecule has 64 heavy (non-hydrogen) atoms. The third-order valence-electron chi connectivity index (χ3n) is 13.6. The lowest BCUT2D eigenvalue weighted by atomic mass is 9.73. The Morgan fingerprint density at radius 3 is 1.89 bits per heavy atom. The molecule has 0 fully saturated rings. The van der Waals surface area contributed by atoms with Crippen LogP contribution in [-0.4, -0.2) is 22.0 Å². The predicted molar refractivity (Wildman–Crippen MR) is 260 cm³/mol. The molecule has 302 valence electrons. The first-order chi connectivity index (χ1) is 31.6. The number of quaternary nitrogens is 1. The van der Waals surface area contributed by atoms with Crippen LogP contribution in [0.3, 0.4) is 0 Å². The van der Waals surface area contributed by atoms with Gasteiger partial charge in [-0.2, -0.15) is 0 Å². The van der Waals surface area contributed by atoms with Crippen LogP contribution in [0.25, 0.3) is 67.0 Å². The summed E-state index contributed by atoms with van der Waals surface area (Å²) in [5, 5.41) is 2.25. The predicted octanol–water partition coefficient (Wildman–Crippen LogP) is 14.6. The summed E-state index contributed by atoms with van der Waals surface area (Å²) in [4.78, 5) is 18.4. The maximum atomic E-state index is 6.50. The van der Waals surface area contributed by atoms with Crippen LogP contribution >= 0.6 is 0 Å². The van der Waals surface area contributed by atoms with Crippen LogP contribution in [0.2, 0.25) is 0 Å². The lowest BCUT2D eigenvalue weighted by Crippen LogP contribution is -2.34. The van der Waals surface area contributed by atoms with Crippen LogP contribution in [0.5, 0.6) is 0 Å². The third kappa shape index (κ3) is 5.27. The monoisotopic (exact) mass is 822 g/mol. The molecule has 2 aromatic heterocycles. The normalized spacial score (nSPS) is 18.1. The average Bonchev–Trinajstić information content (AvgIpc) is 3.98. The van der Waals surface area contributed by atoms with E-state index in [1.165, 1.54) is 28.2 Å². The van der Waals surface area contributed by atoms with Crippen LogP contribution in [-0.2, 0) is 5.41 Å². The number of fused-ring (bicyclic) bond motifs is 9. The maximum absolute atomic E-state index is 6.50. The zero-order chi connectivity index (χ0) is 42.4. The molecule has 13 rings (SSSR count). The number of furan rings is 1. The molecule has 1 aliphatic carbocycles. The van der Waals surface area contributed by atoms with Crippen molar-refractivity contribution in [1.29, 1.82) is 0 Å². The van der Waals surface area contributed by atoms with E-state index in [0.717, 1.165) is 72.7 Å². The SMILES string of the molecule is C[N+]1(c2ccccc2)c2ccc(-c3ccc4c(c3)C3(c5nc(-c6ccccc6)nc(-c6ccccc6)n5)CC=CC=C3N4c3ccccc3)cc2-c2cc3c(cc21)oc1ccccc13. The Labute approximate surface area is 371 Å². The van der Waals surface area contributed by atoms with Crippen molar-refractivity contribution in [2.45, 2.75) is 11.8 Å². The first kappa shape index (κ1) is 36.5. The number of benzene rings is 8. The Morgan fingerprint density at radius 1 is 0.531 bits per heavy atom. The van der Waals surface area contributed by atoms with E-state index in [9.17, 15) is 0 Å². The minimum absolute atomic E-state index is 0.533. The summed E-state index contributed by atoms with van der Waals surface area (Å²) in [5.41, 5.74) is 15.8. The van der Waals surface area contributed by atoms with E-state index in [4.69, 9.17) is 19.4 Å². The zero-order valence-corrected chi connectivity index (χ0v) is 35.1. The van der Waals surface area contributed by atoms with E-state index in [1.54, 1.807) is 0 Å². The van der Waals surface area contributed by atoms with E-state index in [2.05, 4.69) is 182 Å². The maximum Gasteiger partial charge on any atom is 0.163 e. The quantitative estimate of drug-likeness (QED) is 0.156. The van der Waals surface area contributed by atoms with Crippen molar-refractivity contribution < 1.29 is 4.42 Å². The molecule has 0 spiro atoms. The summed E-state index contributed by atoms with van der Waals surface area (Å²) < 4.78 is 7.03. The molecule has 2 atom stereocenters. The standard InChI is InChI=1S/C58H40N5O/c1-63(43-24-12-5-13-25-43)50-32-30-40(34-45(50)46-36-47-44-26-14-15-27-52(44)64-53(47)37-51(46)63)41-29-31-49-48(35-41)58(33-17-16-28-54(58)62(49)42-22-10-4-11-23-42)57-60-55(38-18-6-2-7-19-38)59-56(61-57)39-20-8-3-9-21-39/h2-32,34-37H,33H2,1H3/q+1. The van der Waals surface area contributed by atoms with Gasteiger partial charge in [0.05, 0.1) is 23.9 Å². The molecule has 6 heteroatoms. The van der Waals surface area contributed by atoms with Gasteiger partial charge in [0, 0.05) is 45.4 Å². The molecular formula is C58H40N5O+. The molecule has 0 saturated carbocycles. The van der Waals surface area contributed by atoms with Crippen LogP contribution < -0.4 is 9.38 Å². The molecule has 0 saturated heterocycles. The molecule has 0 bridgehead atoms. The van der Waals surface area contributed by atoms with Crippen molar-refractivity contribution >= 4 is 50.4 Å². The van der Waals surface area contributed by atoms with Gasteiger partial charge < -0.3 is 9.32 Å². The van der Waals surface area contributed by atoms with Crippen LogP contribution in [0, 0.1) is 0 Å². The zero-order valence-electron chi connectivity index (χ0n) is 35.1. The first-order valence-electron chi connectivity index (χ1n) is 21.9. The second-order valence-electron chi connectivity index (χ2n) is 17.1. The molecule has 0 N–H and O–H groups in total. The number of allylic oxidation sites excluding steroid dienone is 4. The summed E-state index contributed by atoms with van der Waals surface area (Å²) in [6.45, 7) is 0. The highest BCUT2D eigenvalue weighted by atomic mass is 16.3. The highest BCUT2D eigenvalue weighted by Crippen LogP contribution is 2.60. The fraction of sp³-hybridized carbons (Fsp3) is 0.0517. The molecule has 0 radical (unpaired) electrons. The van der Waals surface area contributed by atoms with E-state index >= 15 is 0 Å². The van der Waals surface area contributed by atoms with Gasteiger partial charge in [0.1, 0.15) is 28.1 Å². The summed E-state index contributed by atoms with van der Waals surface area (Å²) in [5.74, 6) is 2.03. The number of anilines is 2. The highest BCUT2D eigenvalue weighted by Gasteiger charge is 2.52. The molecule has 2 unspecified atom stereocenters. The molecule has 4 heterocycles. The molecule has 3 aliphatic rings. The van der Waals surface area contributed by atoms with Crippen LogP contribution in [0.15, 0.2) is 222 Å². The van der Waals surface area contributed by atoms with Crippen molar-refractivity contribution in [3.63, 3.8) is 0 Å². The second-order valence-corrected chi connectivity index (χ2v) is 17.1. The highest BCUT2D eigenvalue weighted by molar-refractivity contribution is 6.11. The average molecular weight is 823 g/mol. The smallest absolute Gasteiger partial charge is 0.163 e. The van der Waals surface area contributed by atoms with Gasteiger partial charge in [-0.05, 0) is 89.9 Å². The molecule has 2 aliphatic heterocycles. The number of hydrogen-bond acceptors (Lipinski definition) is 5. The number of hydrogen-bond donors (Lipinski definition) is 0. The van der Waals surface area contributed by atoms with Gasteiger partial charge in [-0.1, -0.05) is 133 Å². The minimum Gasteiger partial charge on any atom is -0.456 e. The van der Waals surface area contributed by atoms with Gasteiger partial charge in [-0.25, -0.2) is 19.4 Å². The van der Waals surface area contributed by atoms with Crippen molar-refractivity contribution in [3.8, 4) is 45.0 Å². The molecule has 8 aromatic carbocycles. The summed E-state index contributed by atoms with van der Waals surface area (Å²) >= 11 is 0. The summed E-state index contributed by atoms with van der Waals surface area (Å²) in [7, 11) is 2.30. The Balaban J connectivity index is 1.04. The number of nitrogens with zero attached hydrogens (tertiary/aromatic N) is 5. The van der Waals surface area contributed by atoms with Crippen molar-refractivity contribution in [1.82, 2.24) is 19.4 Å².